The van der Waals surface area contributed by atoms with Gasteiger partial charge in [0.15, 0.2) is 0 Å². The van der Waals surface area contributed by atoms with E-state index in [1.165, 1.54) is 12.5 Å². The van der Waals surface area contributed by atoms with Gasteiger partial charge in [-0.3, -0.25) is 4.79 Å². The Hall–Kier alpha value is -1.34. The SMILES string of the molecule is CC1CCCN(S(=O)(=O)c2cc(C(=O)NC3CCCCC3)n(C)c2)C1. The fourth-order valence-corrected chi connectivity index (χ4v) is 5.59. The molecule has 7 heteroatoms. The molecular weight excluding hydrogens is 338 g/mol. The van der Waals surface area contributed by atoms with Crippen LogP contribution >= 0.6 is 0 Å². The van der Waals surface area contributed by atoms with E-state index in [1.54, 1.807) is 22.1 Å². The summed E-state index contributed by atoms with van der Waals surface area (Å²) >= 11 is 0. The third kappa shape index (κ3) is 4.08. The van der Waals surface area contributed by atoms with E-state index < -0.39 is 10.0 Å². The Morgan fingerprint density at radius 2 is 1.88 bits per heavy atom. The van der Waals surface area contributed by atoms with Crippen LogP contribution in [0.15, 0.2) is 17.2 Å². The van der Waals surface area contributed by atoms with Crippen LogP contribution in [0.4, 0.5) is 0 Å². The predicted octanol–water partition coefficient (Wildman–Crippen LogP) is 2.51. The molecule has 0 radical (unpaired) electrons. The molecule has 0 spiro atoms. The molecule has 6 nitrogen and oxygen atoms in total. The molecule has 1 amide bonds. The molecule has 1 aromatic rings. The van der Waals surface area contributed by atoms with Crippen LogP contribution in [0.25, 0.3) is 0 Å². The molecule has 1 unspecified atom stereocenters. The molecule has 1 atom stereocenters. The number of aromatic nitrogens is 1. The lowest BCUT2D eigenvalue weighted by Crippen LogP contribution is -2.39. The Morgan fingerprint density at radius 3 is 2.56 bits per heavy atom. The topological polar surface area (TPSA) is 71.4 Å². The Balaban J connectivity index is 1.75. The van der Waals surface area contributed by atoms with Crippen LogP contribution in [-0.2, 0) is 17.1 Å². The molecule has 1 aliphatic carbocycles. The van der Waals surface area contributed by atoms with Crippen molar-refractivity contribution in [3.63, 3.8) is 0 Å². The van der Waals surface area contributed by atoms with Gasteiger partial charge in [0.2, 0.25) is 10.0 Å². The Bertz CT molecular complexity index is 720. The molecule has 1 saturated carbocycles. The summed E-state index contributed by atoms with van der Waals surface area (Å²) in [5.41, 5.74) is 0.411. The fourth-order valence-electron chi connectivity index (χ4n) is 3.92. The number of carbonyl (C=O) groups is 1. The zero-order chi connectivity index (χ0) is 18.0. The van der Waals surface area contributed by atoms with Crippen molar-refractivity contribution in [1.82, 2.24) is 14.2 Å². The van der Waals surface area contributed by atoms with Crippen LogP contribution in [-0.4, -0.2) is 42.3 Å². The molecule has 3 rings (SSSR count). The maximum Gasteiger partial charge on any atom is 0.268 e. The van der Waals surface area contributed by atoms with Crippen LogP contribution < -0.4 is 5.32 Å². The lowest BCUT2D eigenvalue weighted by atomic mass is 9.95. The molecule has 0 bridgehead atoms. The second-order valence-electron chi connectivity index (χ2n) is 7.59. The van der Waals surface area contributed by atoms with E-state index in [2.05, 4.69) is 12.2 Å². The van der Waals surface area contributed by atoms with E-state index in [-0.39, 0.29) is 16.8 Å². The van der Waals surface area contributed by atoms with Crippen molar-refractivity contribution in [2.24, 2.45) is 13.0 Å². The van der Waals surface area contributed by atoms with Crippen molar-refractivity contribution in [2.45, 2.75) is 62.8 Å². The van der Waals surface area contributed by atoms with Gasteiger partial charge in [-0.15, -0.1) is 0 Å². The van der Waals surface area contributed by atoms with Gasteiger partial charge in [0, 0.05) is 32.4 Å². The van der Waals surface area contributed by atoms with Crippen molar-refractivity contribution in [1.29, 1.82) is 0 Å². The van der Waals surface area contributed by atoms with Crippen molar-refractivity contribution < 1.29 is 13.2 Å². The average molecular weight is 368 g/mol. The molecule has 1 aromatic heterocycles. The van der Waals surface area contributed by atoms with Gasteiger partial charge in [-0.25, -0.2) is 8.42 Å². The van der Waals surface area contributed by atoms with Crippen molar-refractivity contribution in [2.75, 3.05) is 13.1 Å². The smallest absolute Gasteiger partial charge is 0.268 e. The molecule has 140 valence electrons. The van der Waals surface area contributed by atoms with Crippen molar-refractivity contribution in [3.05, 3.63) is 18.0 Å². The molecule has 2 heterocycles. The van der Waals surface area contributed by atoms with Crippen LogP contribution in [0.1, 0.15) is 62.4 Å². The Kier molecular flexibility index (Phi) is 5.53. The van der Waals surface area contributed by atoms with Gasteiger partial charge in [-0.1, -0.05) is 26.2 Å². The van der Waals surface area contributed by atoms with Crippen molar-refractivity contribution >= 4 is 15.9 Å². The first kappa shape index (κ1) is 18.5. The molecular formula is C18H29N3O3S. The number of amides is 1. The maximum absolute atomic E-state index is 12.9. The summed E-state index contributed by atoms with van der Waals surface area (Å²) in [6, 6.07) is 1.73. The fraction of sp³-hybridized carbons (Fsp3) is 0.722. The zero-order valence-electron chi connectivity index (χ0n) is 15.2. The number of aryl methyl sites for hydroxylation is 1. The Morgan fingerprint density at radius 1 is 1.16 bits per heavy atom. The lowest BCUT2D eigenvalue weighted by molar-refractivity contribution is 0.0919. The standard InChI is InChI=1S/C18H29N3O3S/c1-14-7-6-10-21(12-14)25(23,24)16-11-17(20(2)13-16)18(22)19-15-8-4-3-5-9-15/h11,13-15H,3-10,12H2,1-2H3,(H,19,22). The quantitative estimate of drug-likeness (QED) is 0.889. The van der Waals surface area contributed by atoms with E-state index in [0.29, 0.717) is 24.7 Å². The number of sulfonamides is 1. The highest BCUT2D eigenvalue weighted by Gasteiger charge is 2.30. The van der Waals surface area contributed by atoms with E-state index in [9.17, 15) is 13.2 Å². The first-order valence-electron chi connectivity index (χ1n) is 9.35. The molecule has 2 aliphatic rings. The second kappa shape index (κ2) is 7.50. The number of hydrogen-bond acceptors (Lipinski definition) is 3. The van der Waals surface area contributed by atoms with Gasteiger partial charge < -0.3 is 9.88 Å². The van der Waals surface area contributed by atoms with Crippen LogP contribution in [0, 0.1) is 5.92 Å². The minimum atomic E-state index is -3.53. The summed E-state index contributed by atoms with van der Waals surface area (Å²) in [4.78, 5) is 12.8. The highest BCUT2D eigenvalue weighted by molar-refractivity contribution is 7.89. The third-order valence-corrected chi connectivity index (χ3v) is 7.24. The van der Waals surface area contributed by atoms with E-state index >= 15 is 0 Å². The molecule has 0 aromatic carbocycles. The van der Waals surface area contributed by atoms with Gasteiger partial charge in [-0.05, 0) is 37.7 Å². The van der Waals surface area contributed by atoms with Crippen LogP contribution in [0.2, 0.25) is 0 Å². The highest BCUT2D eigenvalue weighted by atomic mass is 32.2. The molecule has 25 heavy (non-hydrogen) atoms. The Labute approximate surface area is 150 Å². The summed E-state index contributed by atoms with van der Waals surface area (Å²) in [6.45, 7) is 3.20. The number of hydrogen-bond donors (Lipinski definition) is 1. The summed E-state index contributed by atoms with van der Waals surface area (Å²) < 4.78 is 29.0. The van der Waals surface area contributed by atoms with Crippen LogP contribution in [0.5, 0.6) is 0 Å². The predicted molar refractivity (Wildman–Crippen MR) is 96.9 cm³/mol. The minimum absolute atomic E-state index is 0.178. The first-order valence-corrected chi connectivity index (χ1v) is 10.8. The minimum Gasteiger partial charge on any atom is -0.348 e. The summed E-state index contributed by atoms with van der Waals surface area (Å²) in [5, 5.41) is 3.06. The summed E-state index contributed by atoms with van der Waals surface area (Å²) in [6.07, 6.45) is 9.05. The lowest BCUT2D eigenvalue weighted by Gasteiger charge is -2.29. The third-order valence-electron chi connectivity index (χ3n) is 5.41. The number of piperidine rings is 1. The monoisotopic (exact) mass is 367 g/mol. The van der Waals surface area contributed by atoms with Gasteiger partial charge in [0.25, 0.3) is 5.91 Å². The van der Waals surface area contributed by atoms with E-state index in [4.69, 9.17) is 0 Å². The zero-order valence-corrected chi connectivity index (χ0v) is 16.0. The van der Waals surface area contributed by atoms with Gasteiger partial charge in [0.05, 0.1) is 0 Å². The average Bonchev–Trinajstić information content (AvgIpc) is 2.98. The number of rotatable bonds is 4. The maximum atomic E-state index is 12.9. The highest BCUT2D eigenvalue weighted by Crippen LogP contribution is 2.25. The second-order valence-corrected chi connectivity index (χ2v) is 9.53. The van der Waals surface area contributed by atoms with E-state index in [0.717, 1.165) is 38.5 Å². The normalized spacial score (nSPS) is 23.5. The largest absolute Gasteiger partial charge is 0.348 e. The molecule has 1 N–H and O–H groups in total. The number of carbonyl (C=O) groups excluding carboxylic acids is 1. The van der Waals surface area contributed by atoms with Gasteiger partial charge >= 0.3 is 0 Å². The summed E-state index contributed by atoms with van der Waals surface area (Å²) in [7, 11) is -1.80. The summed E-state index contributed by atoms with van der Waals surface area (Å²) in [5.74, 6) is 0.198. The van der Waals surface area contributed by atoms with E-state index in [1.807, 2.05) is 0 Å². The van der Waals surface area contributed by atoms with Gasteiger partial charge in [-0.2, -0.15) is 4.31 Å². The molecule has 2 fully saturated rings. The van der Waals surface area contributed by atoms with Crippen molar-refractivity contribution in [3.8, 4) is 0 Å². The number of nitrogens with one attached hydrogen (secondary N) is 1. The van der Waals surface area contributed by atoms with Gasteiger partial charge in [0.1, 0.15) is 10.6 Å². The van der Waals surface area contributed by atoms with Crippen LogP contribution in [0.3, 0.4) is 0 Å². The molecule has 1 saturated heterocycles. The number of nitrogens with zero attached hydrogens (tertiary/aromatic N) is 2. The first-order chi connectivity index (χ1) is 11.9. The molecule has 1 aliphatic heterocycles.